The van der Waals surface area contributed by atoms with E-state index in [-0.39, 0.29) is 5.91 Å². The van der Waals surface area contributed by atoms with Crippen LogP contribution >= 0.6 is 11.8 Å². The second-order valence-electron chi connectivity index (χ2n) is 5.55. The first-order valence-electron chi connectivity index (χ1n) is 7.78. The monoisotopic (exact) mass is 367 g/mol. The lowest BCUT2D eigenvalue weighted by molar-refractivity contribution is -0.307. The van der Waals surface area contributed by atoms with Gasteiger partial charge in [-0.25, -0.2) is 4.99 Å². The van der Waals surface area contributed by atoms with E-state index in [0.717, 1.165) is 16.8 Å². The average molecular weight is 367 g/mol. The third kappa shape index (κ3) is 4.73. The topological polar surface area (TPSA) is 90.8 Å². The van der Waals surface area contributed by atoms with Gasteiger partial charge < -0.3 is 20.0 Å². The van der Waals surface area contributed by atoms with E-state index in [9.17, 15) is 14.7 Å². The molecule has 1 N–H and O–H groups in total. The molecule has 0 radical (unpaired) electrons. The van der Waals surface area contributed by atoms with Crippen LogP contribution in [0.4, 0.5) is 5.69 Å². The summed E-state index contributed by atoms with van der Waals surface area (Å²) in [5.41, 5.74) is 2.67. The predicted octanol–water partition coefficient (Wildman–Crippen LogP) is 2.02. The molecule has 2 aromatic rings. The van der Waals surface area contributed by atoms with E-state index in [1.807, 2.05) is 31.2 Å². The summed E-state index contributed by atoms with van der Waals surface area (Å²) in [5, 5.41) is 13.7. The lowest BCUT2D eigenvalue weighted by Crippen LogP contribution is -2.28. The van der Waals surface area contributed by atoms with Crippen LogP contribution in [-0.4, -0.2) is 23.7 Å². The highest BCUT2D eigenvalue weighted by atomic mass is 32.2. The zero-order valence-electron chi connectivity index (χ0n) is 13.9. The van der Waals surface area contributed by atoms with Gasteiger partial charge in [0.15, 0.2) is 5.17 Å². The number of aliphatic carboxylic acids is 1. The average Bonchev–Trinajstić information content (AvgIpc) is 2.93. The van der Waals surface area contributed by atoms with Crippen molar-refractivity contribution in [3.8, 4) is 5.75 Å². The standard InChI is InChI=1S/C19H16N2O4S/c1-12-3-2-4-14(9-12)20-19-21-18(24)16(26-19)10-13-5-7-15(8-6-13)25-11-17(22)23/h2-10H,11H2,1H3,(H,22,23)(H,20,21,24)/p-1/b16-10+. The molecule has 0 aliphatic carbocycles. The first-order valence-corrected chi connectivity index (χ1v) is 8.60. The molecule has 1 aliphatic heterocycles. The Bertz CT molecular complexity index is 904. The molecule has 7 heteroatoms. The summed E-state index contributed by atoms with van der Waals surface area (Å²) >= 11 is 1.27. The van der Waals surface area contributed by atoms with Crippen LogP contribution < -0.4 is 15.2 Å². The van der Waals surface area contributed by atoms with Crippen molar-refractivity contribution in [3.63, 3.8) is 0 Å². The van der Waals surface area contributed by atoms with Crippen molar-refractivity contribution in [1.29, 1.82) is 0 Å². The zero-order chi connectivity index (χ0) is 18.5. The van der Waals surface area contributed by atoms with Gasteiger partial charge in [-0.05, 0) is 60.2 Å². The number of amides is 1. The first kappa shape index (κ1) is 17.8. The van der Waals surface area contributed by atoms with Crippen LogP contribution in [0, 0.1) is 6.92 Å². The van der Waals surface area contributed by atoms with Crippen LogP contribution in [0.1, 0.15) is 11.1 Å². The number of benzene rings is 2. The predicted molar refractivity (Wildman–Crippen MR) is 98.9 cm³/mol. The number of carbonyl (C=O) groups excluding carboxylic acids is 2. The molecule has 6 nitrogen and oxygen atoms in total. The summed E-state index contributed by atoms with van der Waals surface area (Å²) in [6, 6.07) is 14.4. The van der Waals surface area contributed by atoms with E-state index in [4.69, 9.17) is 4.74 Å². The number of hydrogen-bond donors (Lipinski definition) is 1. The van der Waals surface area contributed by atoms with E-state index < -0.39 is 12.6 Å². The number of carboxylic acid groups (broad SMARTS) is 1. The summed E-state index contributed by atoms with van der Waals surface area (Å²) in [7, 11) is 0. The molecule has 2 aromatic carbocycles. The number of aryl methyl sites for hydroxylation is 1. The lowest BCUT2D eigenvalue weighted by Gasteiger charge is -2.06. The molecule has 0 bridgehead atoms. The van der Waals surface area contributed by atoms with Gasteiger partial charge in [0, 0.05) is 0 Å². The molecule has 1 saturated heterocycles. The van der Waals surface area contributed by atoms with Gasteiger partial charge in [0.1, 0.15) is 12.4 Å². The Morgan fingerprint density at radius 3 is 2.73 bits per heavy atom. The summed E-state index contributed by atoms with van der Waals surface area (Å²) in [6.07, 6.45) is 1.74. The maximum Gasteiger partial charge on any atom is 0.264 e. The molecule has 0 atom stereocenters. The maximum atomic E-state index is 12.1. The molecule has 132 valence electrons. The normalized spacial score (nSPS) is 16.7. The molecular weight excluding hydrogens is 352 g/mol. The van der Waals surface area contributed by atoms with Crippen molar-refractivity contribution in [2.24, 2.45) is 4.99 Å². The lowest BCUT2D eigenvalue weighted by atomic mass is 10.2. The van der Waals surface area contributed by atoms with Crippen LogP contribution in [0.25, 0.3) is 6.08 Å². The number of nitrogens with zero attached hydrogens (tertiary/aromatic N) is 1. The van der Waals surface area contributed by atoms with Gasteiger partial charge in [0.05, 0.1) is 16.6 Å². The van der Waals surface area contributed by atoms with E-state index in [1.54, 1.807) is 30.3 Å². The van der Waals surface area contributed by atoms with Crippen LogP contribution in [0.15, 0.2) is 58.4 Å². The van der Waals surface area contributed by atoms with Crippen molar-refractivity contribution in [2.45, 2.75) is 6.92 Å². The molecule has 1 heterocycles. The molecule has 1 fully saturated rings. The van der Waals surface area contributed by atoms with Gasteiger partial charge in [-0.3, -0.25) is 4.79 Å². The van der Waals surface area contributed by atoms with E-state index in [2.05, 4.69) is 10.3 Å². The maximum absolute atomic E-state index is 12.1. The number of thioether (sulfide) groups is 1. The fourth-order valence-electron chi connectivity index (χ4n) is 2.25. The van der Waals surface area contributed by atoms with Crippen molar-refractivity contribution in [3.05, 3.63) is 64.6 Å². The Hall–Kier alpha value is -3.06. The number of nitrogens with one attached hydrogen (secondary N) is 1. The summed E-state index contributed by atoms with van der Waals surface area (Å²) in [4.78, 5) is 27.5. The van der Waals surface area contributed by atoms with Gasteiger partial charge in [-0.15, -0.1) is 0 Å². The highest BCUT2D eigenvalue weighted by Crippen LogP contribution is 2.28. The number of ether oxygens (including phenoxy) is 1. The Morgan fingerprint density at radius 2 is 2.04 bits per heavy atom. The smallest absolute Gasteiger partial charge is 0.264 e. The minimum atomic E-state index is -1.28. The van der Waals surface area contributed by atoms with Crippen LogP contribution in [0.3, 0.4) is 0 Å². The molecule has 0 spiro atoms. The van der Waals surface area contributed by atoms with Crippen molar-refractivity contribution < 1.29 is 19.4 Å². The molecule has 0 aromatic heterocycles. The third-order valence-electron chi connectivity index (χ3n) is 3.42. The molecule has 1 aliphatic rings. The van der Waals surface area contributed by atoms with Gasteiger partial charge in [-0.1, -0.05) is 24.3 Å². The number of amidine groups is 1. The van der Waals surface area contributed by atoms with Gasteiger partial charge in [0.25, 0.3) is 5.91 Å². The van der Waals surface area contributed by atoms with Gasteiger partial charge >= 0.3 is 0 Å². The largest absolute Gasteiger partial charge is 0.546 e. The highest BCUT2D eigenvalue weighted by molar-refractivity contribution is 8.18. The Morgan fingerprint density at radius 1 is 1.27 bits per heavy atom. The van der Waals surface area contributed by atoms with Crippen LogP contribution in [0.5, 0.6) is 5.75 Å². The Balaban J connectivity index is 1.71. The fraction of sp³-hybridized carbons (Fsp3) is 0.105. The fourth-order valence-corrected chi connectivity index (χ4v) is 3.09. The van der Waals surface area contributed by atoms with Crippen LogP contribution in [-0.2, 0) is 9.59 Å². The minimum Gasteiger partial charge on any atom is -0.546 e. The minimum absolute atomic E-state index is 0.210. The van der Waals surface area contributed by atoms with Gasteiger partial charge in [0.2, 0.25) is 0 Å². The molecule has 26 heavy (non-hydrogen) atoms. The molecule has 3 rings (SSSR count). The van der Waals surface area contributed by atoms with Gasteiger partial charge in [-0.2, -0.15) is 0 Å². The number of carbonyl (C=O) groups is 2. The van der Waals surface area contributed by atoms with Crippen LogP contribution in [0.2, 0.25) is 0 Å². The quantitative estimate of drug-likeness (QED) is 0.817. The van der Waals surface area contributed by atoms with Crippen molar-refractivity contribution in [2.75, 3.05) is 6.61 Å². The Kier molecular flexibility index (Phi) is 5.38. The van der Waals surface area contributed by atoms with Crippen molar-refractivity contribution in [1.82, 2.24) is 5.32 Å². The van der Waals surface area contributed by atoms with E-state index in [1.165, 1.54) is 11.8 Å². The number of carboxylic acids is 1. The zero-order valence-corrected chi connectivity index (χ0v) is 14.7. The molecular formula is C19H15N2O4S-. The molecule has 0 saturated carbocycles. The summed E-state index contributed by atoms with van der Waals surface area (Å²) in [5.74, 6) is -1.07. The number of hydrogen-bond acceptors (Lipinski definition) is 6. The van der Waals surface area contributed by atoms with Crippen molar-refractivity contribution >= 4 is 40.6 Å². The highest BCUT2D eigenvalue weighted by Gasteiger charge is 2.23. The molecule has 0 unspecified atom stereocenters. The number of rotatable bonds is 5. The summed E-state index contributed by atoms with van der Waals surface area (Å²) in [6.45, 7) is 1.48. The second-order valence-corrected chi connectivity index (χ2v) is 6.58. The van der Waals surface area contributed by atoms with E-state index in [0.29, 0.717) is 15.8 Å². The number of aliphatic imine (C=N–C) groups is 1. The van der Waals surface area contributed by atoms with E-state index >= 15 is 0 Å². The SMILES string of the molecule is Cc1cccc(N=C2NC(=O)/C(=C\c3ccc(OCC(=O)[O-])cc3)S2)c1. The second kappa shape index (κ2) is 7.88. The third-order valence-corrected chi connectivity index (χ3v) is 4.33. The first-order chi connectivity index (χ1) is 12.5. The molecule has 1 amide bonds. The Labute approximate surface area is 154 Å². The summed E-state index contributed by atoms with van der Waals surface area (Å²) < 4.78 is 5.02.